The third-order valence-electron chi connectivity index (χ3n) is 6.34. The fraction of sp³-hybridized carbons (Fsp3) is 0.231. The standard InChI is InChI=1S/C26H22N4OS/c27-17-30-15-21-12-20(24(21)16-30)13-29-26(31)19-8-6-18(7-9-19)23-10-11-28-14-25(23)32-22-4-2-1-3-5-22/h1-11,13-14,20-21,24H,12,15-16H2/b29-13-. The van der Waals surface area contributed by atoms with E-state index >= 15 is 0 Å². The lowest BCUT2D eigenvalue weighted by Gasteiger charge is -2.36. The Morgan fingerprint density at radius 3 is 2.72 bits per heavy atom. The zero-order valence-electron chi connectivity index (χ0n) is 17.5. The molecule has 32 heavy (non-hydrogen) atoms. The Balaban J connectivity index is 1.27. The van der Waals surface area contributed by atoms with E-state index in [4.69, 9.17) is 5.26 Å². The maximum atomic E-state index is 12.6. The van der Waals surface area contributed by atoms with E-state index in [-0.39, 0.29) is 5.91 Å². The Morgan fingerprint density at radius 2 is 1.94 bits per heavy atom. The number of nitriles is 1. The van der Waals surface area contributed by atoms with Crippen molar-refractivity contribution in [2.45, 2.75) is 16.2 Å². The monoisotopic (exact) mass is 438 g/mol. The van der Waals surface area contributed by atoms with E-state index in [0.29, 0.717) is 23.3 Å². The molecular formula is C26H22N4OS. The van der Waals surface area contributed by atoms with Crippen LogP contribution in [-0.4, -0.2) is 35.1 Å². The zero-order chi connectivity index (χ0) is 21.9. The molecule has 6 heteroatoms. The van der Waals surface area contributed by atoms with Crippen molar-refractivity contribution in [2.24, 2.45) is 22.7 Å². The highest BCUT2D eigenvalue weighted by Gasteiger charge is 2.46. The van der Waals surface area contributed by atoms with Crippen molar-refractivity contribution < 1.29 is 4.79 Å². The number of likely N-dealkylation sites (tertiary alicyclic amines) is 1. The summed E-state index contributed by atoms with van der Waals surface area (Å²) in [5.41, 5.74) is 2.70. The number of hydrogen-bond donors (Lipinski definition) is 0. The minimum absolute atomic E-state index is 0.219. The van der Waals surface area contributed by atoms with Crippen LogP contribution in [0, 0.1) is 29.2 Å². The van der Waals surface area contributed by atoms with Crippen LogP contribution in [0.5, 0.6) is 0 Å². The van der Waals surface area contributed by atoms with Crippen molar-refractivity contribution in [1.82, 2.24) is 9.88 Å². The molecule has 1 aliphatic carbocycles. The maximum absolute atomic E-state index is 12.6. The normalized spacial score (nSPS) is 21.7. The highest BCUT2D eigenvalue weighted by atomic mass is 32.2. The number of benzene rings is 2. The first kappa shape index (κ1) is 20.5. The van der Waals surface area contributed by atoms with E-state index in [1.807, 2.05) is 59.6 Å². The lowest BCUT2D eigenvalue weighted by molar-refractivity contribution is 0.100. The van der Waals surface area contributed by atoms with Gasteiger partial charge < -0.3 is 4.90 Å². The van der Waals surface area contributed by atoms with Crippen LogP contribution in [0.1, 0.15) is 16.8 Å². The molecule has 158 valence electrons. The van der Waals surface area contributed by atoms with Gasteiger partial charge in [-0.1, -0.05) is 42.1 Å². The van der Waals surface area contributed by atoms with E-state index in [9.17, 15) is 4.79 Å². The van der Waals surface area contributed by atoms with Crippen LogP contribution in [0.2, 0.25) is 0 Å². The molecule has 1 saturated carbocycles. The van der Waals surface area contributed by atoms with E-state index in [0.717, 1.165) is 40.4 Å². The van der Waals surface area contributed by atoms with Crippen molar-refractivity contribution in [1.29, 1.82) is 5.26 Å². The van der Waals surface area contributed by atoms with Gasteiger partial charge in [-0.05, 0) is 65.6 Å². The van der Waals surface area contributed by atoms with Gasteiger partial charge in [0.05, 0.1) is 0 Å². The molecule has 2 fully saturated rings. The zero-order valence-corrected chi connectivity index (χ0v) is 18.3. The molecule has 1 aromatic heterocycles. The maximum Gasteiger partial charge on any atom is 0.276 e. The third kappa shape index (κ3) is 4.17. The molecule has 0 N–H and O–H groups in total. The van der Waals surface area contributed by atoms with Gasteiger partial charge in [-0.3, -0.25) is 9.78 Å². The molecule has 2 aliphatic rings. The van der Waals surface area contributed by atoms with Crippen LogP contribution in [0.3, 0.4) is 0 Å². The van der Waals surface area contributed by atoms with Crippen molar-refractivity contribution in [3.8, 4) is 17.3 Å². The molecule has 1 aliphatic heterocycles. The summed E-state index contributed by atoms with van der Waals surface area (Å²) in [5.74, 6) is 1.12. The van der Waals surface area contributed by atoms with Crippen LogP contribution < -0.4 is 0 Å². The van der Waals surface area contributed by atoms with Gasteiger partial charge in [-0.2, -0.15) is 5.26 Å². The van der Waals surface area contributed by atoms with E-state index in [2.05, 4.69) is 28.3 Å². The first-order valence-electron chi connectivity index (χ1n) is 10.7. The van der Waals surface area contributed by atoms with Gasteiger partial charge in [-0.25, -0.2) is 4.99 Å². The lowest BCUT2D eigenvalue weighted by atomic mass is 9.67. The molecule has 1 amide bonds. The number of nitrogens with zero attached hydrogens (tertiary/aromatic N) is 4. The number of carbonyl (C=O) groups excluding carboxylic acids is 1. The molecule has 5 nitrogen and oxygen atoms in total. The fourth-order valence-corrected chi connectivity index (χ4v) is 5.51. The van der Waals surface area contributed by atoms with Gasteiger partial charge in [0.1, 0.15) is 0 Å². The average Bonchev–Trinajstić information content (AvgIpc) is 3.16. The Labute approximate surface area is 191 Å². The van der Waals surface area contributed by atoms with E-state index in [1.54, 1.807) is 24.2 Å². The summed E-state index contributed by atoms with van der Waals surface area (Å²) in [6.07, 6.45) is 8.71. The topological polar surface area (TPSA) is 69.3 Å². The SMILES string of the molecule is N#CN1CC2CC(/C=N\C(=O)c3ccc(-c4ccncc4Sc4ccccc4)cc3)C2C1. The van der Waals surface area contributed by atoms with Gasteiger partial charge in [0, 0.05) is 47.1 Å². The quantitative estimate of drug-likeness (QED) is 0.407. The highest BCUT2D eigenvalue weighted by molar-refractivity contribution is 7.99. The summed E-state index contributed by atoms with van der Waals surface area (Å²) in [6, 6.07) is 19.8. The van der Waals surface area contributed by atoms with Crippen LogP contribution >= 0.6 is 11.8 Å². The van der Waals surface area contributed by atoms with Gasteiger partial charge in [-0.15, -0.1) is 0 Å². The number of carbonyl (C=O) groups is 1. The number of pyridine rings is 1. The second kappa shape index (κ2) is 8.97. The summed E-state index contributed by atoms with van der Waals surface area (Å²) in [5, 5.41) is 9.06. The first-order chi connectivity index (χ1) is 15.7. The molecule has 1 saturated heterocycles. The fourth-order valence-electron chi connectivity index (χ4n) is 4.56. The molecule has 0 radical (unpaired) electrons. The minimum Gasteiger partial charge on any atom is -0.310 e. The second-order valence-electron chi connectivity index (χ2n) is 8.28. The van der Waals surface area contributed by atoms with Crippen molar-refractivity contribution >= 4 is 23.9 Å². The molecule has 2 aromatic carbocycles. The molecule has 0 bridgehead atoms. The lowest BCUT2D eigenvalue weighted by Crippen LogP contribution is -2.36. The molecule has 3 atom stereocenters. The van der Waals surface area contributed by atoms with E-state index < -0.39 is 0 Å². The summed E-state index contributed by atoms with van der Waals surface area (Å²) in [6.45, 7) is 1.64. The van der Waals surface area contributed by atoms with Crippen LogP contribution in [0.25, 0.3) is 11.1 Å². The molecule has 2 heterocycles. The predicted octanol–water partition coefficient (Wildman–Crippen LogP) is 5.16. The van der Waals surface area contributed by atoms with Crippen LogP contribution in [0.4, 0.5) is 0 Å². The number of amides is 1. The van der Waals surface area contributed by atoms with Crippen molar-refractivity contribution in [3.63, 3.8) is 0 Å². The highest BCUT2D eigenvalue weighted by Crippen LogP contribution is 2.44. The molecule has 0 spiro atoms. The summed E-state index contributed by atoms with van der Waals surface area (Å²) in [7, 11) is 0. The Morgan fingerprint density at radius 1 is 1.12 bits per heavy atom. The number of aliphatic imine (C=N–C) groups is 1. The Hall–Kier alpha value is -3.43. The summed E-state index contributed by atoms with van der Waals surface area (Å²) < 4.78 is 0. The first-order valence-corrected chi connectivity index (χ1v) is 11.5. The van der Waals surface area contributed by atoms with Gasteiger partial charge in [0.25, 0.3) is 5.91 Å². The molecule has 3 unspecified atom stereocenters. The predicted molar refractivity (Wildman–Crippen MR) is 125 cm³/mol. The molecule has 5 rings (SSSR count). The van der Waals surface area contributed by atoms with Crippen molar-refractivity contribution in [2.75, 3.05) is 13.1 Å². The summed E-state index contributed by atoms with van der Waals surface area (Å²) >= 11 is 1.67. The van der Waals surface area contributed by atoms with Crippen molar-refractivity contribution in [3.05, 3.63) is 78.6 Å². The average molecular weight is 439 g/mol. The smallest absolute Gasteiger partial charge is 0.276 e. The third-order valence-corrected chi connectivity index (χ3v) is 7.39. The second-order valence-corrected chi connectivity index (χ2v) is 9.39. The number of fused-ring (bicyclic) bond motifs is 1. The Bertz CT molecular complexity index is 1190. The van der Waals surface area contributed by atoms with Gasteiger partial charge in [0.15, 0.2) is 6.19 Å². The van der Waals surface area contributed by atoms with Gasteiger partial charge >= 0.3 is 0 Å². The number of aromatic nitrogens is 1. The molecule has 3 aromatic rings. The van der Waals surface area contributed by atoms with Crippen LogP contribution in [-0.2, 0) is 0 Å². The number of hydrogen-bond acceptors (Lipinski definition) is 5. The largest absolute Gasteiger partial charge is 0.310 e. The van der Waals surface area contributed by atoms with Crippen LogP contribution in [0.15, 0.2) is 87.8 Å². The summed E-state index contributed by atoms with van der Waals surface area (Å²) in [4.78, 5) is 25.1. The van der Waals surface area contributed by atoms with E-state index in [1.165, 1.54) is 0 Å². The van der Waals surface area contributed by atoms with Gasteiger partial charge in [0.2, 0.25) is 0 Å². The minimum atomic E-state index is -0.219. The molecular weight excluding hydrogens is 416 g/mol. The Kier molecular flexibility index (Phi) is 5.74. The number of rotatable bonds is 5.